The Labute approximate surface area is 87.2 Å². The fourth-order valence-corrected chi connectivity index (χ4v) is 1.01. The fourth-order valence-electron chi connectivity index (χ4n) is 1.01. The summed E-state index contributed by atoms with van der Waals surface area (Å²) < 4.78 is 31.3. The first kappa shape index (κ1) is 11.5. The van der Waals surface area contributed by atoms with E-state index in [1.54, 1.807) is 7.05 Å². The van der Waals surface area contributed by atoms with Crippen molar-refractivity contribution in [2.75, 3.05) is 20.7 Å². The lowest BCUT2D eigenvalue weighted by molar-refractivity contribution is 0.406. The molecular weight excluding hydrogens is 200 g/mol. The van der Waals surface area contributed by atoms with Gasteiger partial charge in [0, 0.05) is 12.1 Å². The number of ether oxygens (including phenoxy) is 1. The van der Waals surface area contributed by atoms with Crippen LogP contribution in [0.3, 0.4) is 0 Å². The number of hydrogen-bond acceptors (Lipinski definition) is 2. The molecule has 1 aromatic carbocycles. The normalized spacial score (nSPS) is 9.33. The lowest BCUT2D eigenvalue weighted by Crippen LogP contribution is -2.04. The van der Waals surface area contributed by atoms with E-state index in [1.165, 1.54) is 7.11 Å². The molecule has 0 fully saturated rings. The van der Waals surface area contributed by atoms with E-state index in [1.807, 2.05) is 0 Å². The van der Waals surface area contributed by atoms with E-state index in [2.05, 4.69) is 17.2 Å². The summed E-state index contributed by atoms with van der Waals surface area (Å²) in [6.07, 6.45) is 0. The summed E-state index contributed by atoms with van der Waals surface area (Å²) in [7, 11) is 3.05. The summed E-state index contributed by atoms with van der Waals surface area (Å²) in [5.41, 5.74) is -0.231. The third kappa shape index (κ3) is 2.93. The molecule has 2 nitrogen and oxygen atoms in total. The van der Waals surface area contributed by atoms with Crippen LogP contribution in [0.2, 0.25) is 0 Å². The van der Waals surface area contributed by atoms with Crippen LogP contribution in [0, 0.1) is 23.5 Å². The van der Waals surface area contributed by atoms with E-state index in [0.717, 1.165) is 12.1 Å². The van der Waals surface area contributed by atoms with Crippen LogP contribution in [0.15, 0.2) is 12.1 Å². The highest BCUT2D eigenvalue weighted by Gasteiger charge is 2.08. The van der Waals surface area contributed by atoms with Crippen LogP contribution >= 0.6 is 0 Å². The van der Waals surface area contributed by atoms with Crippen molar-refractivity contribution < 1.29 is 13.5 Å². The van der Waals surface area contributed by atoms with Crippen LogP contribution in [-0.2, 0) is 0 Å². The molecule has 0 atom stereocenters. The maximum absolute atomic E-state index is 13.3. The standard InChI is InChI=1S/C11H11F2NO/c1-14-5-3-4-9-10(12)6-8(15-2)7-11(9)13/h6-7,14H,5H2,1-2H3. The molecule has 0 unspecified atom stereocenters. The van der Waals surface area contributed by atoms with Crippen molar-refractivity contribution >= 4 is 0 Å². The first-order chi connectivity index (χ1) is 7.19. The number of rotatable bonds is 2. The quantitative estimate of drug-likeness (QED) is 0.749. The Morgan fingerprint density at radius 1 is 1.33 bits per heavy atom. The van der Waals surface area contributed by atoms with Crippen LogP contribution < -0.4 is 10.1 Å². The van der Waals surface area contributed by atoms with Crippen molar-refractivity contribution in [2.24, 2.45) is 0 Å². The molecule has 0 aromatic heterocycles. The lowest BCUT2D eigenvalue weighted by atomic mass is 10.2. The minimum Gasteiger partial charge on any atom is -0.497 e. The summed E-state index contributed by atoms with van der Waals surface area (Å²) in [6, 6.07) is 2.21. The monoisotopic (exact) mass is 211 g/mol. The van der Waals surface area contributed by atoms with Crippen LogP contribution in [0.25, 0.3) is 0 Å². The summed E-state index contributed by atoms with van der Waals surface area (Å²) >= 11 is 0. The average Bonchev–Trinajstić information content (AvgIpc) is 2.22. The molecule has 0 saturated carbocycles. The zero-order valence-corrected chi connectivity index (χ0v) is 8.53. The second-order valence-corrected chi connectivity index (χ2v) is 2.80. The first-order valence-corrected chi connectivity index (χ1v) is 4.35. The maximum atomic E-state index is 13.3. The molecule has 0 bridgehead atoms. The minimum absolute atomic E-state index is 0.143. The zero-order chi connectivity index (χ0) is 11.3. The molecule has 1 rings (SSSR count). The van der Waals surface area contributed by atoms with Crippen LogP contribution in [0.5, 0.6) is 5.75 Å². The third-order valence-electron chi connectivity index (χ3n) is 1.73. The largest absolute Gasteiger partial charge is 0.497 e. The lowest BCUT2D eigenvalue weighted by Gasteiger charge is -2.02. The van der Waals surface area contributed by atoms with Crippen molar-refractivity contribution in [2.45, 2.75) is 0 Å². The predicted octanol–water partition coefficient (Wildman–Crippen LogP) is 1.54. The Bertz CT molecular complexity index is 384. The van der Waals surface area contributed by atoms with E-state index in [4.69, 9.17) is 4.74 Å². The molecule has 0 saturated heterocycles. The van der Waals surface area contributed by atoms with Crippen molar-refractivity contribution in [3.8, 4) is 17.6 Å². The van der Waals surface area contributed by atoms with Crippen molar-refractivity contribution in [3.63, 3.8) is 0 Å². The van der Waals surface area contributed by atoms with Crippen LogP contribution in [0.1, 0.15) is 5.56 Å². The molecule has 4 heteroatoms. The van der Waals surface area contributed by atoms with Gasteiger partial charge in [-0.1, -0.05) is 11.8 Å². The Balaban J connectivity index is 3.05. The highest BCUT2D eigenvalue weighted by atomic mass is 19.1. The van der Waals surface area contributed by atoms with Gasteiger partial charge in [0.05, 0.1) is 19.2 Å². The van der Waals surface area contributed by atoms with E-state index in [-0.39, 0.29) is 11.3 Å². The fraction of sp³-hybridized carbons (Fsp3) is 0.273. The molecule has 0 radical (unpaired) electrons. The summed E-state index contributed by atoms with van der Waals surface area (Å²) in [5.74, 6) is 3.72. The van der Waals surface area contributed by atoms with Gasteiger partial charge in [0.25, 0.3) is 0 Å². The predicted molar refractivity (Wildman–Crippen MR) is 53.7 cm³/mol. The van der Waals surface area contributed by atoms with Gasteiger partial charge < -0.3 is 10.1 Å². The number of benzene rings is 1. The van der Waals surface area contributed by atoms with Gasteiger partial charge >= 0.3 is 0 Å². The molecule has 0 aliphatic carbocycles. The molecular formula is C11H11F2NO. The molecule has 0 aliphatic heterocycles. The molecule has 0 amide bonds. The molecule has 0 aliphatic rings. The van der Waals surface area contributed by atoms with Gasteiger partial charge in [0.2, 0.25) is 0 Å². The van der Waals surface area contributed by atoms with E-state index in [9.17, 15) is 8.78 Å². The molecule has 15 heavy (non-hydrogen) atoms. The van der Waals surface area contributed by atoms with Crippen molar-refractivity contribution in [3.05, 3.63) is 29.3 Å². The Morgan fingerprint density at radius 2 is 1.93 bits per heavy atom. The Morgan fingerprint density at radius 3 is 2.40 bits per heavy atom. The number of halogens is 2. The number of nitrogens with one attached hydrogen (secondary N) is 1. The van der Waals surface area contributed by atoms with E-state index in [0.29, 0.717) is 6.54 Å². The average molecular weight is 211 g/mol. The van der Waals surface area contributed by atoms with Gasteiger partial charge in [0.1, 0.15) is 17.4 Å². The molecule has 1 aromatic rings. The smallest absolute Gasteiger partial charge is 0.145 e. The van der Waals surface area contributed by atoms with Crippen LogP contribution in [0.4, 0.5) is 8.78 Å². The summed E-state index contributed by atoms with van der Waals surface area (Å²) in [4.78, 5) is 0. The zero-order valence-electron chi connectivity index (χ0n) is 8.53. The Hall–Kier alpha value is -1.60. The maximum Gasteiger partial charge on any atom is 0.145 e. The summed E-state index contributed by atoms with van der Waals surface area (Å²) in [5, 5.41) is 2.76. The summed E-state index contributed by atoms with van der Waals surface area (Å²) in [6.45, 7) is 0.380. The number of methoxy groups -OCH3 is 1. The van der Waals surface area contributed by atoms with Crippen LogP contribution in [-0.4, -0.2) is 20.7 Å². The third-order valence-corrected chi connectivity index (χ3v) is 1.73. The van der Waals surface area contributed by atoms with Gasteiger partial charge in [-0.2, -0.15) is 0 Å². The van der Waals surface area contributed by atoms with E-state index >= 15 is 0 Å². The van der Waals surface area contributed by atoms with Gasteiger partial charge in [-0.3, -0.25) is 0 Å². The minimum atomic E-state index is -0.713. The van der Waals surface area contributed by atoms with E-state index < -0.39 is 11.6 Å². The van der Waals surface area contributed by atoms with Gasteiger partial charge in [0.15, 0.2) is 0 Å². The second-order valence-electron chi connectivity index (χ2n) is 2.80. The highest BCUT2D eigenvalue weighted by molar-refractivity contribution is 5.41. The second kappa shape index (κ2) is 5.32. The first-order valence-electron chi connectivity index (χ1n) is 4.35. The Kier molecular flexibility index (Phi) is 4.07. The molecule has 1 N–H and O–H groups in total. The highest BCUT2D eigenvalue weighted by Crippen LogP contribution is 2.19. The van der Waals surface area contributed by atoms with Crippen molar-refractivity contribution in [1.29, 1.82) is 0 Å². The van der Waals surface area contributed by atoms with Gasteiger partial charge in [-0.25, -0.2) is 8.78 Å². The van der Waals surface area contributed by atoms with Gasteiger partial charge in [-0.15, -0.1) is 0 Å². The molecule has 0 spiro atoms. The number of hydrogen-bond donors (Lipinski definition) is 1. The topological polar surface area (TPSA) is 21.3 Å². The molecule has 0 heterocycles. The van der Waals surface area contributed by atoms with Gasteiger partial charge in [-0.05, 0) is 7.05 Å². The molecule has 80 valence electrons. The SMILES string of the molecule is CNCC#Cc1c(F)cc(OC)cc1F. The van der Waals surface area contributed by atoms with Crippen molar-refractivity contribution in [1.82, 2.24) is 5.32 Å².